The van der Waals surface area contributed by atoms with Crippen molar-refractivity contribution in [3.63, 3.8) is 0 Å². The molecular formula is C13H17N3O2. The number of hydrogen-bond donors (Lipinski definition) is 0. The first-order chi connectivity index (χ1) is 8.61. The Balaban J connectivity index is 2.24. The fourth-order valence-electron chi connectivity index (χ4n) is 1.77. The van der Waals surface area contributed by atoms with Gasteiger partial charge in [-0.15, -0.1) is 0 Å². The van der Waals surface area contributed by atoms with E-state index in [0.29, 0.717) is 17.9 Å². The maximum atomic E-state index is 11.8. The quantitative estimate of drug-likeness (QED) is 0.614. The lowest BCUT2D eigenvalue weighted by Crippen LogP contribution is -2.07. The van der Waals surface area contributed by atoms with Crippen LogP contribution < -0.4 is 0 Å². The number of carbonyl (C=O) groups excluding carboxylic acids is 1. The Morgan fingerprint density at radius 1 is 1.39 bits per heavy atom. The Labute approximate surface area is 106 Å². The van der Waals surface area contributed by atoms with E-state index in [1.165, 1.54) is 0 Å². The topological polar surface area (TPSA) is 56.5 Å². The highest BCUT2D eigenvalue weighted by molar-refractivity contribution is 5.88. The van der Waals surface area contributed by atoms with Gasteiger partial charge in [-0.25, -0.2) is 14.3 Å². The molecule has 0 radical (unpaired) electrons. The summed E-state index contributed by atoms with van der Waals surface area (Å²) >= 11 is 0. The highest BCUT2D eigenvalue weighted by atomic mass is 16.5. The van der Waals surface area contributed by atoms with Gasteiger partial charge in [0.25, 0.3) is 0 Å². The van der Waals surface area contributed by atoms with E-state index in [1.54, 1.807) is 10.6 Å². The monoisotopic (exact) mass is 247 g/mol. The van der Waals surface area contributed by atoms with Gasteiger partial charge >= 0.3 is 5.97 Å². The van der Waals surface area contributed by atoms with E-state index in [4.69, 9.17) is 4.74 Å². The summed E-state index contributed by atoms with van der Waals surface area (Å²) in [5, 5.41) is 4.21. The molecule has 0 fully saturated rings. The van der Waals surface area contributed by atoms with Crippen LogP contribution in [0.2, 0.25) is 0 Å². The Bertz CT molecular complexity index is 575. The summed E-state index contributed by atoms with van der Waals surface area (Å²) < 4.78 is 6.78. The molecule has 0 spiro atoms. The minimum atomic E-state index is -0.383. The molecule has 0 atom stereocenters. The van der Waals surface area contributed by atoms with Gasteiger partial charge in [-0.3, -0.25) is 0 Å². The van der Waals surface area contributed by atoms with Crippen LogP contribution in [0.1, 0.15) is 41.6 Å². The molecule has 2 rings (SSSR count). The Morgan fingerprint density at radius 2 is 2.17 bits per heavy atom. The van der Waals surface area contributed by atoms with Crippen LogP contribution in [-0.4, -0.2) is 27.2 Å². The highest BCUT2D eigenvalue weighted by Crippen LogP contribution is 2.10. The van der Waals surface area contributed by atoms with Gasteiger partial charge in [-0.05, 0) is 26.3 Å². The normalized spacial score (nSPS) is 10.8. The largest absolute Gasteiger partial charge is 0.461 e. The van der Waals surface area contributed by atoms with Gasteiger partial charge in [0.15, 0.2) is 11.3 Å². The fraction of sp³-hybridized carbons (Fsp3) is 0.462. The smallest absolute Gasteiger partial charge is 0.358 e. The molecule has 0 aliphatic rings. The number of rotatable bonds is 4. The molecule has 0 amide bonds. The predicted octanol–water partition coefficient (Wildman–Crippen LogP) is 2.30. The molecule has 5 heteroatoms. The van der Waals surface area contributed by atoms with Crippen molar-refractivity contribution in [3.8, 4) is 0 Å². The lowest BCUT2D eigenvalue weighted by molar-refractivity contribution is 0.0492. The molecule has 0 bridgehead atoms. The fourth-order valence-corrected chi connectivity index (χ4v) is 1.77. The third-order valence-electron chi connectivity index (χ3n) is 2.67. The number of fused-ring (bicyclic) bond motifs is 1. The Hall–Kier alpha value is -1.91. The molecule has 0 saturated carbocycles. The minimum absolute atomic E-state index is 0.312. The molecule has 0 aliphatic carbocycles. The molecular weight excluding hydrogens is 230 g/mol. The molecule has 0 saturated heterocycles. The Morgan fingerprint density at radius 3 is 2.89 bits per heavy atom. The van der Waals surface area contributed by atoms with Crippen molar-refractivity contribution in [1.82, 2.24) is 14.6 Å². The summed E-state index contributed by atoms with van der Waals surface area (Å²) in [5.74, 6) is -0.383. The number of aryl methyl sites for hydroxylation is 2. The van der Waals surface area contributed by atoms with Gasteiger partial charge in [-0.2, -0.15) is 5.10 Å². The van der Waals surface area contributed by atoms with Crippen LogP contribution in [0, 0.1) is 13.8 Å². The van der Waals surface area contributed by atoms with Crippen molar-refractivity contribution < 1.29 is 9.53 Å². The van der Waals surface area contributed by atoms with Crippen molar-refractivity contribution in [3.05, 3.63) is 29.2 Å². The van der Waals surface area contributed by atoms with E-state index >= 15 is 0 Å². The summed E-state index contributed by atoms with van der Waals surface area (Å²) in [7, 11) is 0. The Kier molecular flexibility index (Phi) is 3.60. The molecule has 0 aromatic carbocycles. The average Bonchev–Trinajstić information content (AvgIpc) is 2.73. The molecule has 2 aromatic heterocycles. The zero-order valence-corrected chi connectivity index (χ0v) is 10.9. The van der Waals surface area contributed by atoms with Gasteiger partial charge in [0.2, 0.25) is 0 Å². The molecule has 96 valence electrons. The minimum Gasteiger partial charge on any atom is -0.461 e. The lowest BCUT2D eigenvalue weighted by Gasteiger charge is -2.00. The molecule has 0 unspecified atom stereocenters. The van der Waals surface area contributed by atoms with Crippen LogP contribution in [0.5, 0.6) is 0 Å². The zero-order chi connectivity index (χ0) is 13.1. The molecule has 18 heavy (non-hydrogen) atoms. The molecule has 2 aromatic rings. The summed E-state index contributed by atoms with van der Waals surface area (Å²) in [6.07, 6.45) is 1.87. The van der Waals surface area contributed by atoms with E-state index in [9.17, 15) is 4.79 Å². The van der Waals surface area contributed by atoms with Crippen molar-refractivity contribution in [1.29, 1.82) is 0 Å². The summed E-state index contributed by atoms with van der Waals surface area (Å²) in [4.78, 5) is 16.1. The van der Waals surface area contributed by atoms with Gasteiger partial charge in [0.05, 0.1) is 6.61 Å². The van der Waals surface area contributed by atoms with Crippen LogP contribution in [0.15, 0.2) is 12.1 Å². The van der Waals surface area contributed by atoms with Gasteiger partial charge in [-0.1, -0.05) is 13.3 Å². The number of carbonyl (C=O) groups is 1. The third kappa shape index (κ3) is 2.50. The molecule has 5 nitrogen and oxygen atoms in total. The summed E-state index contributed by atoms with van der Waals surface area (Å²) in [6, 6.07) is 3.58. The van der Waals surface area contributed by atoms with Gasteiger partial charge in [0, 0.05) is 17.5 Å². The second-order valence-corrected chi connectivity index (χ2v) is 4.33. The van der Waals surface area contributed by atoms with Crippen molar-refractivity contribution in [2.45, 2.75) is 33.6 Å². The van der Waals surface area contributed by atoms with E-state index in [0.717, 1.165) is 24.2 Å². The number of hydrogen-bond acceptors (Lipinski definition) is 4. The van der Waals surface area contributed by atoms with Gasteiger partial charge in [0.1, 0.15) is 0 Å². The first-order valence-corrected chi connectivity index (χ1v) is 6.13. The zero-order valence-electron chi connectivity index (χ0n) is 10.9. The van der Waals surface area contributed by atoms with Crippen molar-refractivity contribution in [2.75, 3.05) is 6.61 Å². The molecule has 0 aliphatic heterocycles. The highest BCUT2D eigenvalue weighted by Gasteiger charge is 2.13. The lowest BCUT2D eigenvalue weighted by atomic mass is 10.3. The first-order valence-electron chi connectivity index (χ1n) is 6.13. The van der Waals surface area contributed by atoms with E-state index in [2.05, 4.69) is 17.0 Å². The molecule has 2 heterocycles. The van der Waals surface area contributed by atoms with Crippen molar-refractivity contribution in [2.24, 2.45) is 0 Å². The van der Waals surface area contributed by atoms with Crippen molar-refractivity contribution >= 4 is 11.6 Å². The predicted molar refractivity (Wildman–Crippen MR) is 67.7 cm³/mol. The second-order valence-electron chi connectivity index (χ2n) is 4.33. The van der Waals surface area contributed by atoms with E-state index in [1.807, 2.05) is 19.9 Å². The SMILES string of the molecule is CCCCOC(=O)c1cc2nc(C)cc(C)n2n1. The maximum Gasteiger partial charge on any atom is 0.358 e. The second kappa shape index (κ2) is 5.16. The number of esters is 1. The summed E-state index contributed by atoms with van der Waals surface area (Å²) in [6.45, 7) is 6.34. The summed E-state index contributed by atoms with van der Waals surface area (Å²) in [5.41, 5.74) is 2.85. The van der Waals surface area contributed by atoms with Crippen LogP contribution in [-0.2, 0) is 4.74 Å². The number of unbranched alkanes of at least 4 members (excludes halogenated alkanes) is 1. The number of nitrogens with zero attached hydrogens (tertiary/aromatic N) is 3. The van der Waals surface area contributed by atoms with Gasteiger partial charge < -0.3 is 4.74 Å². The van der Waals surface area contributed by atoms with E-state index in [-0.39, 0.29) is 5.97 Å². The standard InChI is InChI=1S/C13H17N3O2/c1-4-5-6-18-13(17)11-8-12-14-9(2)7-10(3)16(12)15-11/h7-8H,4-6H2,1-3H3. The van der Waals surface area contributed by atoms with Crippen LogP contribution in [0.3, 0.4) is 0 Å². The third-order valence-corrected chi connectivity index (χ3v) is 2.67. The average molecular weight is 247 g/mol. The number of aromatic nitrogens is 3. The van der Waals surface area contributed by atoms with Crippen LogP contribution in [0.25, 0.3) is 5.65 Å². The molecule has 0 N–H and O–H groups in total. The van der Waals surface area contributed by atoms with Crippen LogP contribution in [0.4, 0.5) is 0 Å². The van der Waals surface area contributed by atoms with Crippen LogP contribution >= 0.6 is 0 Å². The van der Waals surface area contributed by atoms with E-state index < -0.39 is 0 Å². The maximum absolute atomic E-state index is 11.8. The first kappa shape index (κ1) is 12.5. The number of ether oxygens (including phenoxy) is 1.